The second-order valence-corrected chi connectivity index (χ2v) is 5.80. The Balaban J connectivity index is 1.54. The first-order valence-electron chi connectivity index (χ1n) is 7.95. The summed E-state index contributed by atoms with van der Waals surface area (Å²) >= 11 is 0. The summed E-state index contributed by atoms with van der Waals surface area (Å²) in [5, 5.41) is 3.85. The van der Waals surface area contributed by atoms with E-state index in [1.807, 2.05) is 0 Å². The number of hydrogen-bond donors (Lipinski definition) is 0. The lowest BCUT2D eigenvalue weighted by Crippen LogP contribution is -2.47. The second-order valence-electron chi connectivity index (χ2n) is 5.80. The number of rotatable bonds is 4. The molecule has 0 spiro atoms. The molecular formula is C17H18F2N4O2. The third kappa shape index (κ3) is 4.27. The summed E-state index contributed by atoms with van der Waals surface area (Å²) in [4.78, 5) is 20.1. The van der Waals surface area contributed by atoms with Gasteiger partial charge in [-0.1, -0.05) is 11.2 Å². The highest BCUT2D eigenvalue weighted by Crippen LogP contribution is 2.14. The van der Waals surface area contributed by atoms with E-state index in [0.717, 1.165) is 12.1 Å². The summed E-state index contributed by atoms with van der Waals surface area (Å²) in [6.45, 7) is 4.69. The maximum atomic E-state index is 13.6. The minimum absolute atomic E-state index is 0.207. The Kier molecular flexibility index (Phi) is 5.18. The van der Waals surface area contributed by atoms with Crippen molar-refractivity contribution < 1.29 is 18.1 Å². The van der Waals surface area contributed by atoms with Crippen LogP contribution in [0.15, 0.2) is 28.8 Å². The Morgan fingerprint density at radius 3 is 2.52 bits per heavy atom. The summed E-state index contributed by atoms with van der Waals surface area (Å²) in [5.74, 6) is -0.507. The summed E-state index contributed by atoms with van der Waals surface area (Å²) < 4.78 is 32.1. The van der Waals surface area contributed by atoms with E-state index in [2.05, 4.69) is 15.0 Å². The van der Waals surface area contributed by atoms with Gasteiger partial charge in [-0.05, 0) is 18.2 Å². The molecule has 0 unspecified atom stereocenters. The predicted octanol–water partition coefficient (Wildman–Crippen LogP) is 2.01. The lowest BCUT2D eigenvalue weighted by atomic mass is 10.2. The van der Waals surface area contributed by atoms with Crippen LogP contribution in [-0.2, 0) is 11.3 Å². The summed E-state index contributed by atoms with van der Waals surface area (Å²) in [6, 6.07) is 3.60. The van der Waals surface area contributed by atoms with E-state index in [-0.39, 0.29) is 11.5 Å². The number of aromatic nitrogens is 2. The van der Waals surface area contributed by atoms with E-state index in [1.54, 1.807) is 11.8 Å². The van der Waals surface area contributed by atoms with E-state index in [0.29, 0.717) is 44.4 Å². The van der Waals surface area contributed by atoms with E-state index in [4.69, 9.17) is 4.52 Å². The summed E-state index contributed by atoms with van der Waals surface area (Å²) in [6.07, 6.45) is 2.39. The molecule has 3 rings (SSSR count). The molecule has 6 nitrogen and oxygen atoms in total. The Bertz CT molecular complexity index is 762. The lowest BCUT2D eigenvalue weighted by Gasteiger charge is -2.33. The van der Waals surface area contributed by atoms with Crippen molar-refractivity contribution in [3.8, 4) is 0 Å². The number of carbonyl (C=O) groups is 1. The molecule has 0 N–H and O–H groups in total. The minimum atomic E-state index is -0.690. The van der Waals surface area contributed by atoms with Gasteiger partial charge in [-0.25, -0.2) is 8.78 Å². The second kappa shape index (κ2) is 7.52. The summed E-state index contributed by atoms with van der Waals surface area (Å²) in [5.41, 5.74) is -0.207. The fourth-order valence-corrected chi connectivity index (χ4v) is 2.66. The van der Waals surface area contributed by atoms with Crippen LogP contribution in [0, 0.1) is 18.6 Å². The van der Waals surface area contributed by atoms with Crippen LogP contribution in [0.2, 0.25) is 0 Å². The molecule has 0 radical (unpaired) electrons. The van der Waals surface area contributed by atoms with Gasteiger partial charge in [-0.3, -0.25) is 9.69 Å². The molecule has 25 heavy (non-hydrogen) atoms. The molecule has 1 aliphatic rings. The highest BCUT2D eigenvalue weighted by atomic mass is 19.1. The number of halogens is 2. The highest BCUT2D eigenvalue weighted by molar-refractivity contribution is 5.91. The average molecular weight is 348 g/mol. The molecule has 2 heterocycles. The third-order valence-electron chi connectivity index (χ3n) is 4.01. The van der Waals surface area contributed by atoms with Gasteiger partial charge >= 0.3 is 0 Å². The molecular weight excluding hydrogens is 330 g/mol. The van der Waals surface area contributed by atoms with Crippen LogP contribution >= 0.6 is 0 Å². The van der Waals surface area contributed by atoms with Crippen molar-refractivity contribution in [3.05, 3.63) is 53.2 Å². The normalized spacial score (nSPS) is 15.9. The van der Waals surface area contributed by atoms with Gasteiger partial charge < -0.3 is 9.42 Å². The van der Waals surface area contributed by atoms with Crippen molar-refractivity contribution in [1.29, 1.82) is 0 Å². The third-order valence-corrected chi connectivity index (χ3v) is 4.01. The summed E-state index contributed by atoms with van der Waals surface area (Å²) in [7, 11) is 0. The fraction of sp³-hybridized carbons (Fsp3) is 0.353. The van der Waals surface area contributed by atoms with Crippen molar-refractivity contribution in [1.82, 2.24) is 19.9 Å². The van der Waals surface area contributed by atoms with Crippen LogP contribution < -0.4 is 0 Å². The quantitative estimate of drug-likeness (QED) is 0.791. The number of carbonyl (C=O) groups excluding carboxylic acids is 1. The van der Waals surface area contributed by atoms with Crippen molar-refractivity contribution in [3.63, 3.8) is 0 Å². The van der Waals surface area contributed by atoms with E-state index in [1.165, 1.54) is 18.2 Å². The van der Waals surface area contributed by atoms with Crippen LogP contribution in [0.1, 0.15) is 17.3 Å². The molecule has 1 amide bonds. The van der Waals surface area contributed by atoms with Gasteiger partial charge in [-0.2, -0.15) is 4.98 Å². The molecule has 1 aromatic carbocycles. The molecule has 132 valence electrons. The molecule has 1 fully saturated rings. The molecule has 8 heteroatoms. The molecule has 0 saturated carbocycles. The SMILES string of the molecule is Cc1nc(CN2CCN(C(=O)C=Cc3c(F)cccc3F)CC2)no1. The molecule has 1 saturated heterocycles. The molecule has 0 bridgehead atoms. The monoisotopic (exact) mass is 348 g/mol. The van der Waals surface area contributed by atoms with Gasteiger partial charge in [0.25, 0.3) is 0 Å². The number of aryl methyl sites for hydroxylation is 1. The largest absolute Gasteiger partial charge is 0.340 e. The first kappa shape index (κ1) is 17.2. The standard InChI is InChI=1S/C17H18F2N4O2/c1-12-20-16(21-25-12)11-22-7-9-23(10-8-22)17(24)6-5-13-14(18)3-2-4-15(13)19/h2-6H,7-11H2,1H3. The van der Waals surface area contributed by atoms with Gasteiger partial charge in [0.15, 0.2) is 5.82 Å². The maximum absolute atomic E-state index is 13.6. The Hall–Kier alpha value is -2.61. The molecule has 2 aromatic rings. The number of benzene rings is 1. The zero-order valence-electron chi connectivity index (χ0n) is 13.8. The average Bonchev–Trinajstić information content (AvgIpc) is 3.00. The highest BCUT2D eigenvalue weighted by Gasteiger charge is 2.21. The Morgan fingerprint density at radius 1 is 1.24 bits per heavy atom. The molecule has 1 aromatic heterocycles. The topological polar surface area (TPSA) is 62.5 Å². The van der Waals surface area contributed by atoms with Crippen molar-refractivity contribution in [2.75, 3.05) is 26.2 Å². The maximum Gasteiger partial charge on any atom is 0.246 e. The van der Waals surface area contributed by atoms with Gasteiger partial charge in [0, 0.05) is 44.7 Å². The van der Waals surface area contributed by atoms with Crippen LogP contribution in [0.4, 0.5) is 8.78 Å². The van der Waals surface area contributed by atoms with Gasteiger partial charge in [0.1, 0.15) is 11.6 Å². The number of piperazine rings is 1. The number of hydrogen-bond acceptors (Lipinski definition) is 5. The lowest BCUT2D eigenvalue weighted by molar-refractivity contribution is -0.127. The first-order chi connectivity index (χ1) is 12.0. The first-order valence-corrected chi connectivity index (χ1v) is 7.95. The molecule has 0 atom stereocenters. The van der Waals surface area contributed by atoms with Crippen molar-refractivity contribution in [2.24, 2.45) is 0 Å². The van der Waals surface area contributed by atoms with Crippen LogP contribution in [0.3, 0.4) is 0 Å². The van der Waals surface area contributed by atoms with Crippen LogP contribution in [-0.4, -0.2) is 52.0 Å². The molecule has 1 aliphatic heterocycles. The van der Waals surface area contributed by atoms with Crippen molar-refractivity contribution in [2.45, 2.75) is 13.5 Å². The smallest absolute Gasteiger partial charge is 0.246 e. The van der Waals surface area contributed by atoms with E-state index < -0.39 is 11.6 Å². The zero-order chi connectivity index (χ0) is 17.8. The Labute approximate surface area is 143 Å². The van der Waals surface area contributed by atoms with Crippen molar-refractivity contribution >= 4 is 12.0 Å². The number of nitrogens with zero attached hydrogens (tertiary/aromatic N) is 4. The Morgan fingerprint density at radius 2 is 1.92 bits per heavy atom. The minimum Gasteiger partial charge on any atom is -0.340 e. The van der Waals surface area contributed by atoms with Crippen LogP contribution in [0.25, 0.3) is 6.08 Å². The molecule has 0 aliphatic carbocycles. The van der Waals surface area contributed by atoms with E-state index in [9.17, 15) is 13.6 Å². The zero-order valence-corrected chi connectivity index (χ0v) is 13.8. The van der Waals surface area contributed by atoms with Gasteiger partial charge in [0.2, 0.25) is 11.8 Å². The van der Waals surface area contributed by atoms with E-state index >= 15 is 0 Å². The fourth-order valence-electron chi connectivity index (χ4n) is 2.66. The predicted molar refractivity (Wildman–Crippen MR) is 86.3 cm³/mol. The van der Waals surface area contributed by atoms with Crippen LogP contribution in [0.5, 0.6) is 0 Å². The van der Waals surface area contributed by atoms with Gasteiger partial charge in [-0.15, -0.1) is 0 Å². The number of amides is 1. The van der Waals surface area contributed by atoms with Gasteiger partial charge in [0.05, 0.1) is 6.54 Å².